The Morgan fingerprint density at radius 2 is 1.73 bits per heavy atom. The molecule has 0 aliphatic carbocycles. The van der Waals surface area contributed by atoms with Gasteiger partial charge < -0.3 is 5.32 Å². The smallest absolute Gasteiger partial charge is 0.321 e. The number of halogens is 3. The predicted molar refractivity (Wildman–Crippen MR) is 122 cm³/mol. The van der Waals surface area contributed by atoms with Gasteiger partial charge in [0.25, 0.3) is 5.91 Å². The highest BCUT2D eigenvalue weighted by molar-refractivity contribution is 7.14. The van der Waals surface area contributed by atoms with Gasteiger partial charge in [-0.25, -0.2) is 4.98 Å². The minimum Gasteiger partial charge on any atom is -0.321 e. The monoisotopic (exact) mass is 463 g/mol. The lowest BCUT2D eigenvalue weighted by Gasteiger charge is -2.13. The third-order valence-corrected chi connectivity index (χ3v) is 5.86. The van der Waals surface area contributed by atoms with Crippen LogP contribution in [-0.2, 0) is 6.18 Å². The number of benzene rings is 3. The van der Waals surface area contributed by atoms with E-state index in [-0.39, 0.29) is 11.5 Å². The third-order valence-electron chi connectivity index (χ3n) is 4.89. The van der Waals surface area contributed by atoms with E-state index in [9.17, 15) is 18.0 Å². The minimum absolute atomic E-state index is 0.0700. The van der Waals surface area contributed by atoms with E-state index in [0.29, 0.717) is 38.0 Å². The topological polar surface area (TPSA) is 65.8 Å². The van der Waals surface area contributed by atoms with E-state index in [1.165, 1.54) is 35.6 Å². The van der Waals surface area contributed by atoms with Crippen molar-refractivity contribution < 1.29 is 18.0 Å². The van der Waals surface area contributed by atoms with Crippen molar-refractivity contribution in [3.8, 4) is 28.5 Å². The van der Waals surface area contributed by atoms with Gasteiger partial charge in [0.1, 0.15) is 4.88 Å². The molecule has 1 N–H and O–H groups in total. The quantitative estimate of drug-likeness (QED) is 0.357. The number of anilines is 1. The second-order valence-corrected chi connectivity index (χ2v) is 8.38. The molecule has 0 bridgehead atoms. The molecule has 4 nitrogen and oxygen atoms in total. The fraction of sp³-hybridized carbons (Fsp3) is 0.0800. The molecule has 0 fully saturated rings. The average molecular weight is 463 g/mol. The van der Waals surface area contributed by atoms with E-state index in [1.807, 2.05) is 0 Å². The van der Waals surface area contributed by atoms with Crippen LogP contribution in [-0.4, -0.2) is 10.9 Å². The number of amides is 1. The number of nitriles is 1. The van der Waals surface area contributed by atoms with Crippen LogP contribution >= 0.6 is 11.3 Å². The maximum absolute atomic E-state index is 13.3. The highest BCUT2D eigenvalue weighted by atomic mass is 32.1. The van der Waals surface area contributed by atoms with Crippen LogP contribution in [0.15, 0.2) is 72.8 Å². The van der Waals surface area contributed by atoms with E-state index in [1.54, 1.807) is 49.4 Å². The van der Waals surface area contributed by atoms with Crippen LogP contribution in [0.2, 0.25) is 0 Å². The van der Waals surface area contributed by atoms with Crippen LogP contribution in [0, 0.1) is 18.3 Å². The zero-order valence-electron chi connectivity index (χ0n) is 17.3. The van der Waals surface area contributed by atoms with Crippen LogP contribution in [0.3, 0.4) is 0 Å². The molecule has 8 heteroatoms. The molecular formula is C25H16F3N3OS. The first-order valence-electron chi connectivity index (χ1n) is 9.82. The SMILES string of the molecule is Cc1nc(-c2cccc(C#N)c2)c(C(=O)Nc2ccc(-c3ccccc3C(F)(F)F)cc2)s1. The first-order chi connectivity index (χ1) is 15.8. The molecule has 1 aromatic heterocycles. The molecule has 0 radical (unpaired) electrons. The first-order valence-corrected chi connectivity index (χ1v) is 10.6. The zero-order chi connectivity index (χ0) is 23.6. The van der Waals surface area contributed by atoms with Gasteiger partial charge in [-0.15, -0.1) is 11.3 Å². The Labute approximate surface area is 192 Å². The van der Waals surface area contributed by atoms with Crippen molar-refractivity contribution >= 4 is 22.9 Å². The number of carbonyl (C=O) groups excluding carboxylic acids is 1. The second-order valence-electron chi connectivity index (χ2n) is 7.18. The van der Waals surface area contributed by atoms with Gasteiger partial charge >= 0.3 is 6.18 Å². The Hall–Kier alpha value is -3.96. The minimum atomic E-state index is -4.47. The summed E-state index contributed by atoms with van der Waals surface area (Å²) >= 11 is 1.22. The van der Waals surface area contributed by atoms with E-state index in [0.717, 1.165) is 6.07 Å². The highest BCUT2D eigenvalue weighted by Crippen LogP contribution is 2.37. The van der Waals surface area contributed by atoms with Crippen LogP contribution in [0.25, 0.3) is 22.4 Å². The highest BCUT2D eigenvalue weighted by Gasteiger charge is 2.33. The number of nitrogens with one attached hydrogen (secondary N) is 1. The van der Waals surface area contributed by atoms with Crippen molar-refractivity contribution in [3.05, 3.63) is 93.8 Å². The summed E-state index contributed by atoms with van der Waals surface area (Å²) in [6.07, 6.45) is -4.47. The van der Waals surface area contributed by atoms with Gasteiger partial charge in [-0.1, -0.05) is 42.5 Å². The molecule has 4 rings (SSSR count). The molecule has 3 aromatic carbocycles. The van der Waals surface area contributed by atoms with Crippen LogP contribution in [0.1, 0.15) is 25.8 Å². The second kappa shape index (κ2) is 8.88. The van der Waals surface area contributed by atoms with Crippen molar-refractivity contribution in [3.63, 3.8) is 0 Å². The summed E-state index contributed by atoms with van der Waals surface area (Å²) in [5, 5.41) is 12.6. The summed E-state index contributed by atoms with van der Waals surface area (Å²) < 4.78 is 40.0. The summed E-state index contributed by atoms with van der Waals surface area (Å²) in [5.74, 6) is -0.388. The Balaban J connectivity index is 1.60. The van der Waals surface area contributed by atoms with Gasteiger partial charge in [0.05, 0.1) is 27.9 Å². The molecule has 0 unspecified atom stereocenters. The number of hydrogen-bond donors (Lipinski definition) is 1. The lowest BCUT2D eigenvalue weighted by Crippen LogP contribution is -2.11. The molecule has 0 aliphatic heterocycles. The van der Waals surface area contributed by atoms with Gasteiger partial charge in [0, 0.05) is 11.3 Å². The van der Waals surface area contributed by atoms with Crippen molar-refractivity contribution in [2.75, 3.05) is 5.32 Å². The Morgan fingerprint density at radius 1 is 1.00 bits per heavy atom. The average Bonchev–Trinajstić information content (AvgIpc) is 3.21. The Morgan fingerprint density at radius 3 is 2.42 bits per heavy atom. The molecule has 164 valence electrons. The summed E-state index contributed by atoms with van der Waals surface area (Å²) in [6.45, 7) is 1.78. The van der Waals surface area contributed by atoms with Crippen molar-refractivity contribution in [2.24, 2.45) is 0 Å². The maximum Gasteiger partial charge on any atom is 0.417 e. The van der Waals surface area contributed by atoms with Gasteiger partial charge in [0.2, 0.25) is 0 Å². The lowest BCUT2D eigenvalue weighted by molar-refractivity contribution is -0.137. The van der Waals surface area contributed by atoms with Crippen LogP contribution < -0.4 is 5.32 Å². The number of aromatic nitrogens is 1. The van der Waals surface area contributed by atoms with Gasteiger partial charge in [0.15, 0.2) is 0 Å². The number of nitrogens with zero attached hydrogens (tertiary/aromatic N) is 2. The summed E-state index contributed by atoms with van der Waals surface area (Å²) in [6, 6.07) is 20.5. The Kier molecular flexibility index (Phi) is 5.99. The molecule has 1 amide bonds. The van der Waals surface area contributed by atoms with Crippen molar-refractivity contribution in [1.29, 1.82) is 5.26 Å². The fourth-order valence-electron chi connectivity index (χ4n) is 3.42. The largest absolute Gasteiger partial charge is 0.417 e. The molecule has 0 aliphatic rings. The predicted octanol–water partition coefficient (Wildman–Crippen LogP) is 6.93. The molecule has 4 aromatic rings. The first kappa shape index (κ1) is 22.2. The van der Waals surface area contributed by atoms with E-state index >= 15 is 0 Å². The van der Waals surface area contributed by atoms with Crippen LogP contribution in [0.5, 0.6) is 0 Å². The normalized spacial score (nSPS) is 11.1. The molecule has 0 saturated heterocycles. The lowest BCUT2D eigenvalue weighted by atomic mass is 9.99. The van der Waals surface area contributed by atoms with Crippen molar-refractivity contribution in [2.45, 2.75) is 13.1 Å². The van der Waals surface area contributed by atoms with Gasteiger partial charge in [-0.05, 0) is 48.4 Å². The number of carbonyl (C=O) groups is 1. The number of rotatable bonds is 4. The molecule has 0 spiro atoms. The zero-order valence-corrected chi connectivity index (χ0v) is 18.1. The summed E-state index contributed by atoms with van der Waals surface area (Å²) in [4.78, 5) is 17.8. The molecule has 33 heavy (non-hydrogen) atoms. The van der Waals surface area contributed by atoms with Gasteiger partial charge in [-0.2, -0.15) is 18.4 Å². The van der Waals surface area contributed by atoms with E-state index in [4.69, 9.17) is 5.26 Å². The summed E-state index contributed by atoms with van der Waals surface area (Å²) in [7, 11) is 0. The maximum atomic E-state index is 13.3. The van der Waals surface area contributed by atoms with E-state index in [2.05, 4.69) is 16.4 Å². The molecule has 0 saturated carbocycles. The number of hydrogen-bond acceptors (Lipinski definition) is 4. The third kappa shape index (κ3) is 4.78. The molecule has 1 heterocycles. The Bertz CT molecular complexity index is 1370. The van der Waals surface area contributed by atoms with Gasteiger partial charge in [-0.3, -0.25) is 4.79 Å². The fourth-order valence-corrected chi connectivity index (χ4v) is 4.25. The number of thiazole rings is 1. The number of aryl methyl sites for hydroxylation is 1. The van der Waals surface area contributed by atoms with Crippen molar-refractivity contribution in [1.82, 2.24) is 4.98 Å². The molecular weight excluding hydrogens is 447 g/mol. The number of alkyl halides is 3. The summed E-state index contributed by atoms with van der Waals surface area (Å²) in [5.41, 5.74) is 1.77. The van der Waals surface area contributed by atoms with Crippen LogP contribution in [0.4, 0.5) is 18.9 Å². The standard InChI is InChI=1S/C25H16F3N3OS/c1-15-30-22(18-6-4-5-16(13-18)14-29)23(33-15)24(32)31-19-11-9-17(10-12-19)20-7-2-3-8-21(20)25(26,27)28/h2-13H,1H3,(H,31,32). The van der Waals surface area contributed by atoms with E-state index < -0.39 is 11.7 Å². The molecule has 0 atom stereocenters.